The van der Waals surface area contributed by atoms with E-state index in [1.165, 1.54) is 23.0 Å². The SMILES string of the molecule is CC(C)(N)C(=O)N1CCN(C(=O)Nc2ccn(-c3ccc(CN4CC5(CCNCC5)C4)cc3)c(=O)n2)CC1.Cl. The fourth-order valence-corrected chi connectivity index (χ4v) is 5.69. The molecule has 3 aliphatic heterocycles. The topological polar surface area (TPSA) is 129 Å². The third-order valence-electron chi connectivity index (χ3n) is 7.85. The second kappa shape index (κ2) is 11.6. The minimum Gasteiger partial charge on any atom is -0.338 e. The number of rotatable bonds is 5. The van der Waals surface area contributed by atoms with E-state index in [0.717, 1.165) is 38.4 Å². The summed E-state index contributed by atoms with van der Waals surface area (Å²) in [4.78, 5) is 47.6. The van der Waals surface area contributed by atoms with Crippen molar-refractivity contribution in [2.45, 2.75) is 38.8 Å². The summed E-state index contributed by atoms with van der Waals surface area (Å²) in [5.74, 6) is 0.0566. The second-order valence-electron chi connectivity index (χ2n) is 11.5. The molecule has 4 N–H and O–H groups in total. The first-order valence-corrected chi connectivity index (χ1v) is 13.4. The number of likely N-dealkylation sites (tertiary alicyclic amines) is 1. The molecule has 11 nitrogen and oxygen atoms in total. The number of urea groups is 1. The summed E-state index contributed by atoms with van der Waals surface area (Å²) in [5.41, 5.74) is 6.96. The van der Waals surface area contributed by atoms with Crippen molar-refractivity contribution in [2.24, 2.45) is 11.1 Å². The number of hydrogen-bond donors (Lipinski definition) is 3. The zero-order chi connectivity index (χ0) is 26.9. The molecule has 1 aromatic carbocycles. The van der Waals surface area contributed by atoms with E-state index in [-0.39, 0.29) is 30.2 Å². The van der Waals surface area contributed by atoms with Gasteiger partial charge in [0.1, 0.15) is 5.82 Å². The molecule has 212 valence electrons. The predicted molar refractivity (Wildman–Crippen MR) is 152 cm³/mol. The van der Waals surface area contributed by atoms with E-state index >= 15 is 0 Å². The number of hydrogen-bond acceptors (Lipinski definition) is 7. The number of aromatic nitrogens is 2. The van der Waals surface area contributed by atoms with Crippen LogP contribution < -0.4 is 22.1 Å². The normalized spacial score (nSPS) is 19.3. The number of anilines is 1. The number of nitrogens with one attached hydrogen (secondary N) is 2. The van der Waals surface area contributed by atoms with Crippen LogP contribution in [0.15, 0.2) is 41.3 Å². The highest BCUT2D eigenvalue weighted by Crippen LogP contribution is 2.39. The van der Waals surface area contributed by atoms with Crippen molar-refractivity contribution in [3.05, 3.63) is 52.6 Å². The molecule has 4 heterocycles. The molecule has 1 aromatic heterocycles. The molecule has 0 radical (unpaired) electrons. The van der Waals surface area contributed by atoms with E-state index in [2.05, 4.69) is 32.7 Å². The van der Waals surface area contributed by atoms with Gasteiger partial charge in [0.05, 0.1) is 11.2 Å². The Morgan fingerprint density at radius 1 is 1.03 bits per heavy atom. The van der Waals surface area contributed by atoms with Gasteiger partial charge in [0.2, 0.25) is 5.91 Å². The van der Waals surface area contributed by atoms with Crippen LogP contribution in [0.2, 0.25) is 0 Å². The maximum absolute atomic E-state index is 12.7. The van der Waals surface area contributed by atoms with Gasteiger partial charge in [-0.05, 0) is 69.0 Å². The molecule has 3 fully saturated rings. The van der Waals surface area contributed by atoms with Crippen molar-refractivity contribution in [3.8, 4) is 5.69 Å². The Bertz CT molecular complexity index is 1220. The summed E-state index contributed by atoms with van der Waals surface area (Å²) in [6.45, 7) is 10.4. The lowest BCUT2D eigenvalue weighted by atomic mass is 9.72. The van der Waals surface area contributed by atoms with Crippen molar-refractivity contribution < 1.29 is 9.59 Å². The van der Waals surface area contributed by atoms with Crippen molar-refractivity contribution in [1.82, 2.24) is 29.6 Å². The molecular weight excluding hydrogens is 520 g/mol. The molecule has 0 bridgehead atoms. The number of halogens is 1. The number of carbonyl (C=O) groups excluding carboxylic acids is 2. The van der Waals surface area contributed by atoms with Gasteiger partial charge in [-0.1, -0.05) is 12.1 Å². The Morgan fingerprint density at radius 2 is 1.64 bits per heavy atom. The van der Waals surface area contributed by atoms with E-state index in [1.54, 1.807) is 35.9 Å². The van der Waals surface area contributed by atoms with Crippen molar-refractivity contribution in [1.29, 1.82) is 0 Å². The Morgan fingerprint density at radius 3 is 2.23 bits per heavy atom. The molecule has 0 atom stereocenters. The van der Waals surface area contributed by atoms with Gasteiger partial charge in [0.25, 0.3) is 0 Å². The lowest BCUT2D eigenvalue weighted by molar-refractivity contribution is -0.137. The first-order chi connectivity index (χ1) is 18.1. The Labute approximate surface area is 235 Å². The van der Waals surface area contributed by atoms with Crippen LogP contribution in [-0.2, 0) is 11.3 Å². The Kier molecular flexibility index (Phi) is 8.65. The third-order valence-corrected chi connectivity index (χ3v) is 7.85. The number of benzene rings is 1. The van der Waals surface area contributed by atoms with Gasteiger partial charge < -0.3 is 20.9 Å². The van der Waals surface area contributed by atoms with Gasteiger partial charge >= 0.3 is 11.7 Å². The lowest BCUT2D eigenvalue weighted by Gasteiger charge is -2.52. The van der Waals surface area contributed by atoms with E-state index in [9.17, 15) is 14.4 Å². The first kappa shape index (κ1) is 29.0. The van der Waals surface area contributed by atoms with Crippen LogP contribution in [0.1, 0.15) is 32.3 Å². The number of carbonyl (C=O) groups is 2. The van der Waals surface area contributed by atoms with Crippen LogP contribution in [0.5, 0.6) is 0 Å². The molecule has 3 aliphatic rings. The van der Waals surface area contributed by atoms with E-state index in [1.807, 2.05) is 12.1 Å². The Balaban J connectivity index is 0.00000353. The summed E-state index contributed by atoms with van der Waals surface area (Å²) in [7, 11) is 0. The number of piperidine rings is 1. The van der Waals surface area contributed by atoms with Gasteiger partial charge in [-0.2, -0.15) is 4.98 Å². The van der Waals surface area contributed by atoms with E-state index in [0.29, 0.717) is 31.6 Å². The highest BCUT2D eigenvalue weighted by atomic mass is 35.5. The van der Waals surface area contributed by atoms with Crippen molar-refractivity contribution in [3.63, 3.8) is 0 Å². The van der Waals surface area contributed by atoms with Crippen LogP contribution >= 0.6 is 12.4 Å². The maximum atomic E-state index is 12.7. The van der Waals surface area contributed by atoms with Gasteiger partial charge in [-0.15, -0.1) is 12.4 Å². The van der Waals surface area contributed by atoms with Crippen molar-refractivity contribution >= 4 is 30.2 Å². The molecular formula is C27H39ClN8O3. The van der Waals surface area contributed by atoms with E-state index < -0.39 is 11.2 Å². The third kappa shape index (κ3) is 6.60. The summed E-state index contributed by atoms with van der Waals surface area (Å²) in [6.07, 6.45) is 4.15. The molecule has 0 saturated carbocycles. The second-order valence-corrected chi connectivity index (χ2v) is 11.5. The monoisotopic (exact) mass is 558 g/mol. The van der Waals surface area contributed by atoms with Gasteiger partial charge in [-0.3, -0.25) is 19.6 Å². The fraction of sp³-hybridized carbons (Fsp3) is 0.556. The maximum Gasteiger partial charge on any atom is 0.354 e. The summed E-state index contributed by atoms with van der Waals surface area (Å²) < 4.78 is 1.46. The van der Waals surface area contributed by atoms with Crippen molar-refractivity contribution in [2.75, 3.05) is 57.7 Å². The number of piperazine rings is 1. The van der Waals surface area contributed by atoms with Crippen LogP contribution in [0, 0.1) is 5.41 Å². The van der Waals surface area contributed by atoms with Crippen LogP contribution in [0.25, 0.3) is 5.69 Å². The van der Waals surface area contributed by atoms with Crippen LogP contribution in [0.4, 0.5) is 10.6 Å². The highest BCUT2D eigenvalue weighted by molar-refractivity contribution is 5.89. The molecule has 2 aromatic rings. The number of nitrogens with zero attached hydrogens (tertiary/aromatic N) is 5. The minimum atomic E-state index is -0.941. The molecule has 0 unspecified atom stereocenters. The summed E-state index contributed by atoms with van der Waals surface area (Å²) in [5, 5.41) is 6.14. The molecule has 12 heteroatoms. The summed E-state index contributed by atoms with van der Waals surface area (Å²) in [6, 6.07) is 9.24. The first-order valence-electron chi connectivity index (χ1n) is 13.4. The van der Waals surface area contributed by atoms with Gasteiger partial charge in [-0.25, -0.2) is 9.59 Å². The number of nitrogens with two attached hydrogens (primary N) is 1. The molecule has 5 rings (SSSR count). The average molecular weight is 559 g/mol. The molecule has 0 aliphatic carbocycles. The summed E-state index contributed by atoms with van der Waals surface area (Å²) >= 11 is 0. The average Bonchev–Trinajstić information content (AvgIpc) is 2.88. The standard InChI is InChI=1S/C27H38N8O3.ClH/c1-26(2,28)23(36)33-13-15-34(16-14-33)24(37)30-22-7-12-35(25(38)31-22)21-5-3-20(4-6-21)17-32-18-27(19-32)8-10-29-11-9-27;/h3-7,12,29H,8-11,13-19,28H2,1-2H3,(H,30,31,37,38);1H. The Hall–Kier alpha value is -2.99. The smallest absolute Gasteiger partial charge is 0.338 e. The highest BCUT2D eigenvalue weighted by Gasteiger charge is 2.42. The van der Waals surface area contributed by atoms with E-state index in [4.69, 9.17) is 5.73 Å². The molecule has 39 heavy (non-hydrogen) atoms. The van der Waals surface area contributed by atoms with Crippen LogP contribution in [0.3, 0.4) is 0 Å². The lowest BCUT2D eigenvalue weighted by Crippen LogP contribution is -2.59. The van der Waals surface area contributed by atoms with Gasteiger partial charge in [0, 0.05) is 52.0 Å². The van der Waals surface area contributed by atoms with Crippen LogP contribution in [-0.4, -0.2) is 94.1 Å². The fourth-order valence-electron chi connectivity index (χ4n) is 5.69. The zero-order valence-corrected chi connectivity index (χ0v) is 23.5. The quantitative estimate of drug-likeness (QED) is 0.504. The minimum absolute atomic E-state index is 0. The largest absolute Gasteiger partial charge is 0.354 e. The number of amides is 3. The zero-order valence-electron chi connectivity index (χ0n) is 22.7. The molecule has 1 spiro atoms. The van der Waals surface area contributed by atoms with Gasteiger partial charge in [0.15, 0.2) is 0 Å². The predicted octanol–water partition coefficient (Wildman–Crippen LogP) is 1.25. The molecule has 3 saturated heterocycles. The molecule has 3 amide bonds.